The molecule has 0 saturated carbocycles. The average Bonchev–Trinajstić information content (AvgIpc) is 2.88. The zero-order valence-electron chi connectivity index (χ0n) is 18.5. The Morgan fingerprint density at radius 2 is 1.60 bits per heavy atom. The van der Waals surface area contributed by atoms with Crippen molar-refractivity contribution >= 4 is 63.8 Å². The lowest BCUT2D eigenvalue weighted by Crippen LogP contribution is -2.43. The van der Waals surface area contributed by atoms with Crippen LogP contribution in [0.2, 0.25) is 0 Å². The summed E-state index contributed by atoms with van der Waals surface area (Å²) in [4.78, 5) is 0.542. The highest BCUT2D eigenvalue weighted by molar-refractivity contribution is 8.17. The number of methoxy groups -OCH3 is 1. The third-order valence-corrected chi connectivity index (χ3v) is 10.2. The minimum Gasteiger partial charge on any atom is -0.497 e. The number of ether oxygens (including phenoxy) is 2. The molecule has 2 aliphatic heterocycles. The second kappa shape index (κ2) is 8.57. The minimum atomic E-state index is -2.54. The summed E-state index contributed by atoms with van der Waals surface area (Å²) in [6.07, 6.45) is -2.54. The van der Waals surface area contributed by atoms with Gasteiger partial charge >= 0.3 is 0 Å². The molecule has 174 valence electrons. The number of hydrogen-bond donors (Lipinski definition) is 2. The largest absolute Gasteiger partial charge is 0.497 e. The molecule has 0 amide bonds. The van der Waals surface area contributed by atoms with Gasteiger partial charge < -0.3 is 24.1 Å². The van der Waals surface area contributed by atoms with E-state index in [1.54, 1.807) is 7.11 Å². The maximum absolute atomic E-state index is 6.56. The van der Waals surface area contributed by atoms with Crippen LogP contribution in [0, 0.1) is 4.71 Å². The number of rotatable bonds is 3. The number of fused-ring (bicyclic) bond motifs is 3. The lowest BCUT2D eigenvalue weighted by Gasteiger charge is -2.39. The Balaban J connectivity index is 1.57. The Hall–Kier alpha value is -3.03. The van der Waals surface area contributed by atoms with Crippen molar-refractivity contribution in [3.05, 3.63) is 106 Å². The van der Waals surface area contributed by atoms with Crippen molar-refractivity contribution in [3.8, 4) is 11.5 Å². The second-order valence-electron chi connectivity index (χ2n) is 8.18. The fraction of sp³-hybridized carbons (Fsp3) is 0.0769. The van der Waals surface area contributed by atoms with E-state index in [2.05, 4.69) is 22.3 Å². The predicted molar refractivity (Wildman–Crippen MR) is 149 cm³/mol. The molecule has 0 bridgehead atoms. The lowest BCUT2D eigenvalue weighted by atomic mass is 9.83. The Labute approximate surface area is 217 Å². The van der Waals surface area contributed by atoms with Gasteiger partial charge in [-0.1, -0.05) is 54.7 Å². The molecule has 35 heavy (non-hydrogen) atoms. The van der Waals surface area contributed by atoms with E-state index < -0.39 is 6.34 Å². The first-order valence-electron chi connectivity index (χ1n) is 10.9. The van der Waals surface area contributed by atoms with Gasteiger partial charge in [-0.15, -0.1) is 0 Å². The van der Waals surface area contributed by atoms with E-state index in [1.165, 1.54) is 0 Å². The summed E-state index contributed by atoms with van der Waals surface area (Å²) in [5.74, 6) is 1.70. The van der Waals surface area contributed by atoms with Gasteiger partial charge in [-0.05, 0) is 66.0 Å². The molecule has 3 aromatic carbocycles. The molecule has 2 unspecified atom stereocenters. The summed E-state index contributed by atoms with van der Waals surface area (Å²) in [5.41, 5.74) is 3.28. The summed E-state index contributed by atoms with van der Waals surface area (Å²) in [5, 5.41) is 8.72. The average molecular weight is 535 g/mol. The van der Waals surface area contributed by atoms with Crippen LogP contribution >= 0.6 is 30.8 Å². The number of para-hydroxylation sites is 1. The summed E-state index contributed by atoms with van der Waals surface area (Å²) in [6, 6.07) is 25.5. The van der Waals surface area contributed by atoms with E-state index in [1.807, 2.05) is 66.7 Å². The van der Waals surface area contributed by atoms with Crippen LogP contribution < -0.4 is 25.0 Å². The van der Waals surface area contributed by atoms with Crippen molar-refractivity contribution in [2.75, 3.05) is 7.11 Å². The van der Waals surface area contributed by atoms with Crippen molar-refractivity contribution in [1.29, 1.82) is 0 Å². The Bertz CT molecular complexity index is 1630. The van der Waals surface area contributed by atoms with Crippen LogP contribution in [0.25, 0.3) is 11.0 Å². The van der Waals surface area contributed by atoms with E-state index in [-0.39, 0.29) is 5.92 Å². The van der Waals surface area contributed by atoms with E-state index in [4.69, 9.17) is 50.1 Å². The topological polar surface area (TPSA) is 55.7 Å². The van der Waals surface area contributed by atoms with Gasteiger partial charge in [-0.25, -0.2) is 0 Å². The first-order valence-corrected chi connectivity index (χ1v) is 14.5. The molecule has 5 nitrogen and oxygen atoms in total. The van der Waals surface area contributed by atoms with Crippen LogP contribution in [0.3, 0.4) is 0 Å². The van der Waals surface area contributed by atoms with Gasteiger partial charge in [0.15, 0.2) is 11.0 Å². The molecule has 6 rings (SSSR count). The molecular weight excluding hydrogens is 515 g/mol. The lowest BCUT2D eigenvalue weighted by molar-refractivity contribution is 0.379. The number of nitrogens with one attached hydrogen (secondary N) is 2. The first-order chi connectivity index (χ1) is 17.0. The van der Waals surface area contributed by atoms with Gasteiger partial charge in [0.25, 0.3) is 0 Å². The predicted octanol–water partition coefficient (Wildman–Crippen LogP) is 6.06. The standard InChI is InChI=1S/C26H19N2O3PS3/c1-29-16-11-13-17(14-12-16)32(35)27-24-22(25(33)28-32)20(15-7-3-2-4-8-15)21-23(31-24)18-9-5-6-10-19(18)30-26(21)34/h2-14,20H,1H3,(H2,27,28,33,35). The monoisotopic (exact) mass is 534 g/mol. The van der Waals surface area contributed by atoms with E-state index in [0.29, 0.717) is 26.9 Å². The maximum atomic E-state index is 6.56. The molecule has 9 heteroatoms. The highest BCUT2D eigenvalue weighted by Gasteiger charge is 2.42. The van der Waals surface area contributed by atoms with Gasteiger partial charge in [-0.2, -0.15) is 0 Å². The van der Waals surface area contributed by atoms with Gasteiger partial charge in [0.1, 0.15) is 22.1 Å². The molecule has 1 aromatic heterocycles. The number of thiocarbonyl (C=S) groups is 1. The smallest absolute Gasteiger partial charge is 0.205 e. The van der Waals surface area contributed by atoms with Crippen LogP contribution in [0.4, 0.5) is 0 Å². The van der Waals surface area contributed by atoms with Crippen LogP contribution in [0.15, 0.2) is 94.7 Å². The molecule has 0 radical (unpaired) electrons. The van der Waals surface area contributed by atoms with E-state index in [0.717, 1.165) is 33.1 Å². The molecule has 2 atom stereocenters. The van der Waals surface area contributed by atoms with E-state index >= 15 is 0 Å². The van der Waals surface area contributed by atoms with E-state index in [9.17, 15) is 0 Å². The maximum Gasteiger partial charge on any atom is 0.205 e. The van der Waals surface area contributed by atoms with Crippen molar-refractivity contribution in [2.45, 2.75) is 5.92 Å². The summed E-state index contributed by atoms with van der Waals surface area (Å²) in [6.45, 7) is 0. The Morgan fingerprint density at radius 1 is 0.886 bits per heavy atom. The molecule has 0 saturated heterocycles. The summed E-state index contributed by atoms with van der Waals surface area (Å²) < 4.78 is 18.3. The Morgan fingerprint density at radius 3 is 2.34 bits per heavy atom. The SMILES string of the molecule is COc1ccc(P2(=S)NC(=S)C3=C(N2)Oc2c(c(=S)oc4ccccc24)C3c2ccccc2)cc1. The third-order valence-electron chi connectivity index (χ3n) is 6.16. The fourth-order valence-corrected chi connectivity index (χ4v) is 8.24. The van der Waals surface area contributed by atoms with Crippen LogP contribution in [0.5, 0.6) is 11.5 Å². The molecule has 2 aliphatic rings. The fourth-order valence-electron chi connectivity index (χ4n) is 4.52. The van der Waals surface area contributed by atoms with Gasteiger partial charge in [0.05, 0.1) is 29.6 Å². The Kier molecular flexibility index (Phi) is 5.49. The molecule has 3 heterocycles. The summed E-state index contributed by atoms with van der Waals surface area (Å²) in [7, 11) is 1.64. The molecule has 4 aromatic rings. The summed E-state index contributed by atoms with van der Waals surface area (Å²) >= 11 is 17.8. The highest BCUT2D eigenvalue weighted by atomic mass is 32.4. The van der Waals surface area contributed by atoms with Crippen molar-refractivity contribution in [1.82, 2.24) is 10.2 Å². The zero-order chi connectivity index (χ0) is 24.2. The molecular formula is C26H19N2O3PS3. The van der Waals surface area contributed by atoms with Crippen LogP contribution in [-0.4, -0.2) is 12.1 Å². The number of hydrogen-bond acceptors (Lipinski definition) is 6. The van der Waals surface area contributed by atoms with Gasteiger partial charge in [-0.3, -0.25) is 0 Å². The molecule has 0 spiro atoms. The van der Waals surface area contributed by atoms with Crippen LogP contribution in [-0.2, 0) is 11.8 Å². The van der Waals surface area contributed by atoms with Crippen LogP contribution in [0.1, 0.15) is 17.0 Å². The third kappa shape index (κ3) is 3.69. The van der Waals surface area contributed by atoms with Gasteiger partial charge in [0.2, 0.25) is 5.88 Å². The van der Waals surface area contributed by atoms with Crippen molar-refractivity contribution in [2.24, 2.45) is 0 Å². The normalized spacial score (nSPS) is 20.8. The van der Waals surface area contributed by atoms with Crippen molar-refractivity contribution in [3.63, 3.8) is 0 Å². The highest BCUT2D eigenvalue weighted by Crippen LogP contribution is 2.51. The first kappa shape index (κ1) is 22.4. The molecule has 0 aliphatic carbocycles. The quantitative estimate of drug-likeness (QED) is 0.243. The van der Waals surface area contributed by atoms with Crippen molar-refractivity contribution < 1.29 is 13.9 Å². The van der Waals surface area contributed by atoms with Gasteiger partial charge in [0, 0.05) is 5.30 Å². The second-order valence-corrected chi connectivity index (χ2v) is 12.8. The molecule has 2 N–H and O–H groups in total. The molecule has 0 fully saturated rings. The number of benzene rings is 3. The zero-order valence-corrected chi connectivity index (χ0v) is 21.8. The minimum absolute atomic E-state index is 0.275.